The molecule has 0 heterocycles. The Morgan fingerprint density at radius 1 is 1.36 bits per heavy atom. The highest BCUT2D eigenvalue weighted by Gasteiger charge is 2.03. The average molecular weight is 194 g/mol. The molecule has 2 N–H and O–H groups in total. The lowest BCUT2D eigenvalue weighted by atomic mass is 10.1. The van der Waals surface area contributed by atoms with Crippen molar-refractivity contribution in [3.05, 3.63) is 23.8 Å². The highest BCUT2D eigenvalue weighted by atomic mass is 16.3. The molecule has 0 aliphatic carbocycles. The zero-order valence-electron chi connectivity index (χ0n) is 9.04. The summed E-state index contributed by atoms with van der Waals surface area (Å²) < 4.78 is 0. The van der Waals surface area contributed by atoms with Crippen LogP contribution < -0.4 is 10.2 Å². The monoisotopic (exact) mass is 194 g/mol. The lowest BCUT2D eigenvalue weighted by Gasteiger charge is -2.14. The number of phenolic OH excluding ortho intramolecular Hbond substituents is 1. The molecular formula is C11H18N2O. The minimum Gasteiger partial charge on any atom is -0.508 e. The van der Waals surface area contributed by atoms with Crippen LogP contribution >= 0.6 is 0 Å². The summed E-state index contributed by atoms with van der Waals surface area (Å²) in [4.78, 5) is 2.03. The number of nitrogens with zero attached hydrogens (tertiary/aromatic N) is 1. The number of aromatic hydroxyl groups is 1. The maximum absolute atomic E-state index is 9.60. The normalized spacial score (nSPS) is 10.2. The molecule has 1 rings (SSSR count). The standard InChI is InChI=1S/C11H18N2O/c1-12-7-6-9-8-10(13(2)3)4-5-11(9)14/h4-5,8,12,14H,6-7H2,1-3H3. The number of anilines is 1. The van der Waals surface area contributed by atoms with E-state index in [2.05, 4.69) is 5.32 Å². The zero-order chi connectivity index (χ0) is 10.6. The highest BCUT2D eigenvalue weighted by molar-refractivity contribution is 5.51. The van der Waals surface area contributed by atoms with Gasteiger partial charge in [-0.25, -0.2) is 0 Å². The van der Waals surface area contributed by atoms with Crippen molar-refractivity contribution < 1.29 is 5.11 Å². The summed E-state index contributed by atoms with van der Waals surface area (Å²) in [5.74, 6) is 0.380. The van der Waals surface area contributed by atoms with Crippen LogP contribution in [0.15, 0.2) is 18.2 Å². The third kappa shape index (κ3) is 2.64. The molecule has 0 amide bonds. The summed E-state index contributed by atoms with van der Waals surface area (Å²) in [5.41, 5.74) is 2.11. The van der Waals surface area contributed by atoms with Gasteiger partial charge in [-0.05, 0) is 43.8 Å². The summed E-state index contributed by atoms with van der Waals surface area (Å²) in [6.07, 6.45) is 0.851. The fourth-order valence-electron chi connectivity index (χ4n) is 1.31. The van der Waals surface area contributed by atoms with Gasteiger partial charge in [-0.1, -0.05) is 0 Å². The number of hydrogen-bond donors (Lipinski definition) is 2. The van der Waals surface area contributed by atoms with Gasteiger partial charge in [-0.2, -0.15) is 0 Å². The minimum atomic E-state index is 0.380. The van der Waals surface area contributed by atoms with Crippen LogP contribution in [0.5, 0.6) is 5.75 Å². The molecule has 14 heavy (non-hydrogen) atoms. The van der Waals surface area contributed by atoms with E-state index in [-0.39, 0.29) is 0 Å². The van der Waals surface area contributed by atoms with Crippen molar-refractivity contribution in [3.8, 4) is 5.75 Å². The summed E-state index contributed by atoms with van der Waals surface area (Å²) >= 11 is 0. The van der Waals surface area contributed by atoms with Crippen LogP contribution in [0.3, 0.4) is 0 Å². The molecular weight excluding hydrogens is 176 g/mol. The summed E-state index contributed by atoms with van der Waals surface area (Å²) in [6, 6.07) is 5.69. The molecule has 3 heteroatoms. The molecule has 1 aromatic rings. The van der Waals surface area contributed by atoms with Crippen LogP contribution in [-0.2, 0) is 6.42 Å². The van der Waals surface area contributed by atoms with Crippen LogP contribution in [0.25, 0.3) is 0 Å². The summed E-state index contributed by atoms with van der Waals surface area (Å²) in [6.45, 7) is 0.879. The number of likely N-dealkylation sites (N-methyl/N-ethyl adjacent to an activating group) is 1. The molecule has 0 spiro atoms. The second kappa shape index (κ2) is 4.86. The molecule has 0 saturated carbocycles. The Balaban J connectivity index is 2.85. The number of hydrogen-bond acceptors (Lipinski definition) is 3. The smallest absolute Gasteiger partial charge is 0.118 e. The van der Waals surface area contributed by atoms with Crippen molar-refractivity contribution in [2.45, 2.75) is 6.42 Å². The molecule has 1 aromatic carbocycles. The Kier molecular flexibility index (Phi) is 3.77. The molecule has 0 radical (unpaired) electrons. The van der Waals surface area contributed by atoms with Crippen molar-refractivity contribution in [2.75, 3.05) is 32.6 Å². The van der Waals surface area contributed by atoms with Crippen LogP contribution in [0.2, 0.25) is 0 Å². The molecule has 0 aliphatic rings. The predicted octanol–water partition coefficient (Wildman–Crippen LogP) is 1.22. The van der Waals surface area contributed by atoms with Gasteiger partial charge in [0.2, 0.25) is 0 Å². The van der Waals surface area contributed by atoms with Crippen molar-refractivity contribution in [3.63, 3.8) is 0 Å². The second-order valence-corrected chi connectivity index (χ2v) is 3.56. The van der Waals surface area contributed by atoms with E-state index in [1.807, 2.05) is 38.2 Å². The largest absolute Gasteiger partial charge is 0.508 e. The van der Waals surface area contributed by atoms with Crippen LogP contribution in [0.1, 0.15) is 5.56 Å². The first-order valence-electron chi connectivity index (χ1n) is 4.79. The highest BCUT2D eigenvalue weighted by Crippen LogP contribution is 2.23. The van der Waals surface area contributed by atoms with Crippen molar-refractivity contribution in [1.29, 1.82) is 0 Å². The quantitative estimate of drug-likeness (QED) is 0.756. The first-order chi connectivity index (χ1) is 6.65. The van der Waals surface area contributed by atoms with E-state index in [4.69, 9.17) is 0 Å². The second-order valence-electron chi connectivity index (χ2n) is 3.56. The molecule has 0 bridgehead atoms. The lowest BCUT2D eigenvalue weighted by Crippen LogP contribution is -2.12. The van der Waals surface area contributed by atoms with Gasteiger partial charge in [-0.3, -0.25) is 0 Å². The molecule has 0 fully saturated rings. The van der Waals surface area contributed by atoms with Gasteiger partial charge < -0.3 is 15.3 Å². The Labute approximate surface area is 85.4 Å². The molecule has 78 valence electrons. The SMILES string of the molecule is CNCCc1cc(N(C)C)ccc1O. The molecule has 3 nitrogen and oxygen atoms in total. The third-order valence-electron chi connectivity index (χ3n) is 2.22. The molecule has 0 atom stereocenters. The Bertz CT molecular complexity index is 297. The predicted molar refractivity (Wildman–Crippen MR) is 60.1 cm³/mol. The first kappa shape index (κ1) is 10.9. The van der Waals surface area contributed by atoms with Crippen molar-refractivity contribution in [1.82, 2.24) is 5.32 Å². The number of rotatable bonds is 4. The average Bonchev–Trinajstić information content (AvgIpc) is 2.16. The van der Waals surface area contributed by atoms with E-state index in [1.165, 1.54) is 0 Å². The topological polar surface area (TPSA) is 35.5 Å². The maximum atomic E-state index is 9.60. The number of nitrogens with one attached hydrogen (secondary N) is 1. The third-order valence-corrected chi connectivity index (χ3v) is 2.22. The van der Waals surface area contributed by atoms with E-state index < -0.39 is 0 Å². The fraction of sp³-hybridized carbons (Fsp3) is 0.455. The van der Waals surface area contributed by atoms with E-state index >= 15 is 0 Å². The lowest BCUT2D eigenvalue weighted by molar-refractivity contribution is 0.467. The molecule has 0 aliphatic heterocycles. The summed E-state index contributed by atoms with van der Waals surface area (Å²) in [5, 5.41) is 12.7. The van der Waals surface area contributed by atoms with Crippen LogP contribution in [0, 0.1) is 0 Å². The van der Waals surface area contributed by atoms with Gasteiger partial charge in [0.25, 0.3) is 0 Å². The van der Waals surface area contributed by atoms with E-state index in [9.17, 15) is 5.11 Å². The maximum Gasteiger partial charge on any atom is 0.118 e. The van der Waals surface area contributed by atoms with E-state index in [0.29, 0.717) is 5.75 Å². The van der Waals surface area contributed by atoms with Gasteiger partial charge in [0.05, 0.1) is 0 Å². The first-order valence-corrected chi connectivity index (χ1v) is 4.79. The van der Waals surface area contributed by atoms with Gasteiger partial charge in [0.1, 0.15) is 5.75 Å². The number of phenols is 1. The Morgan fingerprint density at radius 2 is 2.07 bits per heavy atom. The van der Waals surface area contributed by atoms with Crippen molar-refractivity contribution >= 4 is 5.69 Å². The summed E-state index contributed by atoms with van der Waals surface area (Å²) in [7, 11) is 5.90. The molecule has 0 saturated heterocycles. The van der Waals surface area contributed by atoms with Gasteiger partial charge >= 0.3 is 0 Å². The Morgan fingerprint density at radius 3 is 2.64 bits per heavy atom. The number of benzene rings is 1. The molecule has 0 aromatic heterocycles. The van der Waals surface area contributed by atoms with Crippen LogP contribution in [-0.4, -0.2) is 32.8 Å². The van der Waals surface area contributed by atoms with E-state index in [0.717, 1.165) is 24.2 Å². The van der Waals surface area contributed by atoms with Gasteiger partial charge in [0, 0.05) is 19.8 Å². The van der Waals surface area contributed by atoms with Crippen molar-refractivity contribution in [2.24, 2.45) is 0 Å². The zero-order valence-corrected chi connectivity index (χ0v) is 9.04. The molecule has 0 unspecified atom stereocenters. The van der Waals surface area contributed by atoms with Crippen LogP contribution in [0.4, 0.5) is 5.69 Å². The van der Waals surface area contributed by atoms with Gasteiger partial charge in [0.15, 0.2) is 0 Å². The fourth-order valence-corrected chi connectivity index (χ4v) is 1.31. The van der Waals surface area contributed by atoms with E-state index in [1.54, 1.807) is 6.07 Å². The Hall–Kier alpha value is -1.22. The van der Waals surface area contributed by atoms with Gasteiger partial charge in [-0.15, -0.1) is 0 Å². The minimum absolute atomic E-state index is 0.380.